The summed E-state index contributed by atoms with van der Waals surface area (Å²) in [7, 11) is 0. The lowest BCUT2D eigenvalue weighted by Crippen LogP contribution is -2.15. The Hall–Kier alpha value is -0.920. The topological polar surface area (TPSA) is 24.9 Å². The number of alkyl halides is 3. The Balaban J connectivity index is 2.29. The summed E-state index contributed by atoms with van der Waals surface area (Å²) in [5, 5.41) is 3.40. The van der Waals surface area contributed by atoms with Crippen molar-refractivity contribution in [2.45, 2.75) is 26.1 Å². The normalized spacial score (nSPS) is 11.9. The highest BCUT2D eigenvalue weighted by Gasteiger charge is 2.37. The summed E-state index contributed by atoms with van der Waals surface area (Å²) >= 11 is 4.52. The highest BCUT2D eigenvalue weighted by atomic mass is 79.9. The molecule has 2 rings (SSSR count). The van der Waals surface area contributed by atoms with Gasteiger partial charge in [0.2, 0.25) is 0 Å². The molecule has 0 aliphatic heterocycles. The SMILES string of the molecule is CCNCc1sc(Cc2ccccc2Br)nc1C(F)(F)F. The van der Waals surface area contributed by atoms with Crippen LogP contribution in [-0.4, -0.2) is 11.5 Å². The van der Waals surface area contributed by atoms with Gasteiger partial charge in [-0.15, -0.1) is 11.3 Å². The van der Waals surface area contributed by atoms with Gasteiger partial charge in [0.05, 0.1) is 9.88 Å². The fourth-order valence-electron chi connectivity index (χ4n) is 1.86. The van der Waals surface area contributed by atoms with Crippen LogP contribution in [0.5, 0.6) is 0 Å². The number of aromatic nitrogens is 1. The van der Waals surface area contributed by atoms with E-state index in [0.29, 0.717) is 18.0 Å². The molecule has 0 aliphatic rings. The molecule has 0 amide bonds. The van der Waals surface area contributed by atoms with Gasteiger partial charge in [-0.25, -0.2) is 4.98 Å². The van der Waals surface area contributed by atoms with Gasteiger partial charge in [0.25, 0.3) is 0 Å². The van der Waals surface area contributed by atoms with Gasteiger partial charge in [-0.05, 0) is 18.2 Å². The minimum absolute atomic E-state index is 0.193. The van der Waals surface area contributed by atoms with E-state index >= 15 is 0 Å². The second-order valence-corrected chi connectivity index (χ2v) is 6.45. The zero-order valence-electron chi connectivity index (χ0n) is 11.3. The Morgan fingerprint density at radius 3 is 2.62 bits per heavy atom. The first-order chi connectivity index (χ1) is 9.91. The van der Waals surface area contributed by atoms with Crippen LogP contribution < -0.4 is 5.32 Å². The lowest BCUT2D eigenvalue weighted by atomic mass is 10.2. The average molecular weight is 379 g/mol. The van der Waals surface area contributed by atoms with Gasteiger partial charge in [0, 0.05) is 17.4 Å². The van der Waals surface area contributed by atoms with Crippen LogP contribution in [0.25, 0.3) is 0 Å². The average Bonchev–Trinajstić information content (AvgIpc) is 2.82. The highest BCUT2D eigenvalue weighted by Crippen LogP contribution is 2.35. The van der Waals surface area contributed by atoms with Gasteiger partial charge in [-0.3, -0.25) is 0 Å². The molecule has 1 N–H and O–H groups in total. The number of hydrogen-bond acceptors (Lipinski definition) is 3. The number of hydrogen-bond donors (Lipinski definition) is 1. The molecule has 2 nitrogen and oxygen atoms in total. The summed E-state index contributed by atoms with van der Waals surface area (Å²) in [6, 6.07) is 7.47. The number of nitrogens with one attached hydrogen (secondary N) is 1. The van der Waals surface area contributed by atoms with E-state index in [4.69, 9.17) is 0 Å². The molecule has 0 radical (unpaired) electrons. The Bertz CT molecular complexity index is 611. The Labute approximate surface area is 133 Å². The minimum Gasteiger partial charge on any atom is -0.312 e. The molecular weight excluding hydrogens is 365 g/mol. The molecule has 0 spiro atoms. The molecule has 114 valence electrons. The maximum Gasteiger partial charge on any atom is 0.434 e. The lowest BCUT2D eigenvalue weighted by Gasteiger charge is -2.05. The van der Waals surface area contributed by atoms with Gasteiger partial charge in [0.15, 0.2) is 5.69 Å². The molecule has 2 aromatic rings. The summed E-state index contributed by atoms with van der Waals surface area (Å²) in [4.78, 5) is 4.05. The van der Waals surface area contributed by atoms with Crippen molar-refractivity contribution >= 4 is 27.3 Å². The molecule has 0 saturated carbocycles. The molecule has 1 aromatic heterocycles. The van der Waals surface area contributed by atoms with Crippen molar-refractivity contribution in [1.29, 1.82) is 0 Å². The van der Waals surface area contributed by atoms with Gasteiger partial charge in [-0.2, -0.15) is 13.2 Å². The molecule has 1 heterocycles. The van der Waals surface area contributed by atoms with Crippen LogP contribution in [0, 0.1) is 0 Å². The molecule has 0 fully saturated rings. The fraction of sp³-hybridized carbons (Fsp3) is 0.357. The molecule has 0 saturated heterocycles. The van der Waals surface area contributed by atoms with E-state index in [1.807, 2.05) is 31.2 Å². The van der Waals surface area contributed by atoms with E-state index in [1.165, 1.54) is 0 Å². The molecular formula is C14H14BrF3N2S. The summed E-state index contributed by atoms with van der Waals surface area (Å²) in [6.45, 7) is 2.67. The van der Waals surface area contributed by atoms with E-state index in [9.17, 15) is 13.2 Å². The fourth-order valence-corrected chi connectivity index (χ4v) is 3.37. The quantitative estimate of drug-likeness (QED) is 0.820. The first-order valence-electron chi connectivity index (χ1n) is 6.41. The summed E-state index contributed by atoms with van der Waals surface area (Å²) < 4.78 is 39.9. The van der Waals surface area contributed by atoms with Gasteiger partial charge >= 0.3 is 6.18 Å². The predicted octanol–water partition coefficient (Wildman–Crippen LogP) is 4.62. The first-order valence-corrected chi connectivity index (χ1v) is 8.02. The third-order valence-corrected chi connectivity index (χ3v) is 4.67. The monoisotopic (exact) mass is 378 g/mol. The Morgan fingerprint density at radius 2 is 2.00 bits per heavy atom. The lowest BCUT2D eigenvalue weighted by molar-refractivity contribution is -0.141. The maximum atomic E-state index is 13.0. The molecule has 21 heavy (non-hydrogen) atoms. The van der Waals surface area contributed by atoms with E-state index in [2.05, 4.69) is 26.2 Å². The number of rotatable bonds is 5. The van der Waals surface area contributed by atoms with E-state index in [1.54, 1.807) is 0 Å². The number of benzene rings is 1. The third kappa shape index (κ3) is 4.28. The second-order valence-electron chi connectivity index (χ2n) is 4.43. The van der Waals surface area contributed by atoms with Crippen LogP contribution in [0.15, 0.2) is 28.7 Å². The van der Waals surface area contributed by atoms with Crippen LogP contribution in [0.1, 0.15) is 28.1 Å². The highest BCUT2D eigenvalue weighted by molar-refractivity contribution is 9.10. The Morgan fingerprint density at radius 1 is 1.29 bits per heavy atom. The van der Waals surface area contributed by atoms with Gasteiger partial charge in [-0.1, -0.05) is 41.1 Å². The first kappa shape index (κ1) is 16.5. The molecule has 7 heteroatoms. The van der Waals surface area contributed by atoms with E-state index in [0.717, 1.165) is 21.4 Å². The molecule has 0 aliphatic carbocycles. The smallest absolute Gasteiger partial charge is 0.312 e. The Kier molecular flexibility index (Phi) is 5.40. The number of thiazole rings is 1. The minimum atomic E-state index is -4.41. The van der Waals surface area contributed by atoms with Crippen molar-refractivity contribution in [2.75, 3.05) is 6.54 Å². The molecule has 0 unspecified atom stereocenters. The van der Waals surface area contributed by atoms with Crippen LogP contribution in [0.2, 0.25) is 0 Å². The van der Waals surface area contributed by atoms with Crippen molar-refractivity contribution in [1.82, 2.24) is 10.3 Å². The summed E-state index contributed by atoms with van der Waals surface area (Å²) in [5.41, 5.74) is 0.158. The maximum absolute atomic E-state index is 13.0. The van der Waals surface area contributed by atoms with Crippen LogP contribution in [-0.2, 0) is 19.1 Å². The number of halogens is 4. The zero-order valence-corrected chi connectivity index (χ0v) is 13.7. The van der Waals surface area contributed by atoms with Crippen molar-refractivity contribution in [3.8, 4) is 0 Å². The molecule has 0 bridgehead atoms. The largest absolute Gasteiger partial charge is 0.434 e. The molecule has 0 atom stereocenters. The predicted molar refractivity (Wildman–Crippen MR) is 81.4 cm³/mol. The van der Waals surface area contributed by atoms with Crippen molar-refractivity contribution < 1.29 is 13.2 Å². The van der Waals surface area contributed by atoms with Crippen LogP contribution >= 0.6 is 27.3 Å². The van der Waals surface area contributed by atoms with Crippen molar-refractivity contribution in [3.05, 3.63) is 49.9 Å². The van der Waals surface area contributed by atoms with Gasteiger partial charge < -0.3 is 5.32 Å². The van der Waals surface area contributed by atoms with E-state index < -0.39 is 11.9 Å². The third-order valence-electron chi connectivity index (χ3n) is 2.85. The van der Waals surface area contributed by atoms with Crippen LogP contribution in [0.3, 0.4) is 0 Å². The van der Waals surface area contributed by atoms with Crippen molar-refractivity contribution in [3.63, 3.8) is 0 Å². The van der Waals surface area contributed by atoms with Gasteiger partial charge in [0.1, 0.15) is 0 Å². The summed E-state index contributed by atoms with van der Waals surface area (Å²) in [6.07, 6.45) is -4.02. The standard InChI is InChI=1S/C14H14BrF3N2S/c1-2-19-8-11-13(14(16,17)18)20-12(21-11)7-9-5-3-4-6-10(9)15/h3-6,19H,2,7-8H2,1H3. The zero-order chi connectivity index (χ0) is 15.5. The molecule has 1 aromatic carbocycles. The van der Waals surface area contributed by atoms with E-state index in [-0.39, 0.29) is 11.4 Å². The second kappa shape index (κ2) is 6.89. The number of nitrogens with zero attached hydrogens (tertiary/aromatic N) is 1. The van der Waals surface area contributed by atoms with Crippen LogP contribution in [0.4, 0.5) is 13.2 Å². The van der Waals surface area contributed by atoms with Crippen molar-refractivity contribution in [2.24, 2.45) is 0 Å². The summed E-state index contributed by atoms with van der Waals surface area (Å²) in [5.74, 6) is 0.